The van der Waals surface area contributed by atoms with Crippen LogP contribution in [0.4, 0.5) is 0 Å². The topological polar surface area (TPSA) is 27.1 Å². The van der Waals surface area contributed by atoms with E-state index >= 15 is 0 Å². The number of aryl methyl sites for hydroxylation is 1. The molecule has 0 saturated carbocycles. The van der Waals surface area contributed by atoms with Crippen LogP contribution in [0.5, 0.6) is 0 Å². The predicted octanol–water partition coefficient (Wildman–Crippen LogP) is 2.06. The van der Waals surface area contributed by atoms with Gasteiger partial charge in [0, 0.05) is 5.02 Å². The highest BCUT2D eigenvalue weighted by Crippen LogP contribution is 2.18. The summed E-state index contributed by atoms with van der Waals surface area (Å²) in [5.41, 5.74) is 1.79. The molecule has 68 valence electrons. The largest absolute Gasteiger partial charge is 0.415 e. The minimum Gasteiger partial charge on any atom is -0.415 e. The molecule has 13 heavy (non-hydrogen) atoms. The molecule has 0 aliphatic rings. The zero-order valence-corrected chi connectivity index (χ0v) is 8.17. The standard InChI is InChI=1S/C9H9ClN2O/c1-6-11-8-5-7(10)3-4-9(8)12(6)13-2/h3-5H,1-2H3. The highest BCUT2D eigenvalue weighted by Gasteiger charge is 2.06. The summed E-state index contributed by atoms with van der Waals surface area (Å²) in [6.45, 7) is 1.89. The van der Waals surface area contributed by atoms with Gasteiger partial charge in [0.15, 0.2) is 0 Å². The van der Waals surface area contributed by atoms with Crippen molar-refractivity contribution in [3.05, 3.63) is 29.0 Å². The van der Waals surface area contributed by atoms with E-state index in [0.29, 0.717) is 5.02 Å². The fraction of sp³-hybridized carbons (Fsp3) is 0.222. The molecule has 1 aromatic carbocycles. The molecule has 4 heteroatoms. The Balaban J connectivity index is 2.79. The quantitative estimate of drug-likeness (QED) is 0.698. The predicted molar refractivity (Wildman–Crippen MR) is 52.0 cm³/mol. The molecule has 2 rings (SSSR count). The van der Waals surface area contributed by atoms with Crippen molar-refractivity contribution in [2.24, 2.45) is 0 Å². The van der Waals surface area contributed by atoms with Gasteiger partial charge in [0.1, 0.15) is 18.5 Å². The third-order valence-electron chi connectivity index (χ3n) is 1.92. The SMILES string of the molecule is COn1c(C)nc2cc(Cl)ccc21. The van der Waals surface area contributed by atoms with Crippen molar-refractivity contribution in [1.29, 1.82) is 0 Å². The molecular formula is C9H9ClN2O. The molecule has 0 unspecified atom stereocenters. The number of hydrogen-bond donors (Lipinski definition) is 0. The molecule has 0 fully saturated rings. The second-order valence-corrected chi connectivity index (χ2v) is 3.21. The zero-order chi connectivity index (χ0) is 9.42. The van der Waals surface area contributed by atoms with Crippen LogP contribution in [0.25, 0.3) is 11.0 Å². The van der Waals surface area contributed by atoms with Crippen LogP contribution in [0.2, 0.25) is 5.02 Å². The molecule has 0 aliphatic heterocycles. The fourth-order valence-electron chi connectivity index (χ4n) is 1.38. The van der Waals surface area contributed by atoms with E-state index in [-0.39, 0.29) is 0 Å². The Morgan fingerprint density at radius 1 is 1.46 bits per heavy atom. The summed E-state index contributed by atoms with van der Waals surface area (Å²) in [5, 5.41) is 0.688. The Morgan fingerprint density at radius 3 is 2.92 bits per heavy atom. The molecule has 2 aromatic rings. The summed E-state index contributed by atoms with van der Waals surface area (Å²) < 4.78 is 1.67. The van der Waals surface area contributed by atoms with E-state index in [1.165, 1.54) is 0 Å². The van der Waals surface area contributed by atoms with E-state index in [2.05, 4.69) is 4.98 Å². The lowest BCUT2D eigenvalue weighted by Gasteiger charge is -2.02. The molecule has 0 bridgehead atoms. The highest BCUT2D eigenvalue weighted by atomic mass is 35.5. The zero-order valence-electron chi connectivity index (χ0n) is 7.41. The van der Waals surface area contributed by atoms with Crippen LogP contribution in [0, 0.1) is 6.92 Å². The molecule has 0 N–H and O–H groups in total. The van der Waals surface area contributed by atoms with E-state index in [4.69, 9.17) is 16.4 Å². The summed E-state index contributed by atoms with van der Waals surface area (Å²) in [4.78, 5) is 9.45. The number of fused-ring (bicyclic) bond motifs is 1. The number of benzene rings is 1. The van der Waals surface area contributed by atoms with Gasteiger partial charge in [-0.05, 0) is 25.1 Å². The first-order valence-corrected chi connectivity index (χ1v) is 4.29. The smallest absolute Gasteiger partial charge is 0.143 e. The van der Waals surface area contributed by atoms with E-state index in [0.717, 1.165) is 16.9 Å². The molecular weight excluding hydrogens is 188 g/mol. The summed E-state index contributed by atoms with van der Waals surface area (Å²) >= 11 is 5.83. The lowest BCUT2D eigenvalue weighted by molar-refractivity contribution is 0.171. The number of hydrogen-bond acceptors (Lipinski definition) is 2. The first-order chi connectivity index (χ1) is 6.22. The van der Waals surface area contributed by atoms with Crippen LogP contribution in [0.1, 0.15) is 5.82 Å². The number of aromatic nitrogens is 2. The average Bonchev–Trinajstić information content (AvgIpc) is 2.39. The van der Waals surface area contributed by atoms with E-state index in [9.17, 15) is 0 Å². The Bertz CT molecular complexity index is 450. The molecule has 3 nitrogen and oxygen atoms in total. The van der Waals surface area contributed by atoms with E-state index in [1.54, 1.807) is 11.8 Å². The monoisotopic (exact) mass is 196 g/mol. The van der Waals surface area contributed by atoms with Crippen LogP contribution in [0.15, 0.2) is 18.2 Å². The minimum atomic E-state index is 0.688. The van der Waals surface area contributed by atoms with Gasteiger partial charge in [0.2, 0.25) is 0 Å². The molecule has 1 aromatic heterocycles. The van der Waals surface area contributed by atoms with Gasteiger partial charge < -0.3 is 4.84 Å². The summed E-state index contributed by atoms with van der Waals surface area (Å²) in [5.74, 6) is 0.819. The Kier molecular flexibility index (Phi) is 1.88. The highest BCUT2D eigenvalue weighted by molar-refractivity contribution is 6.31. The Labute approximate surface area is 80.9 Å². The number of imidazole rings is 1. The number of halogens is 1. The number of nitrogens with zero attached hydrogens (tertiary/aromatic N) is 2. The van der Waals surface area contributed by atoms with Crippen molar-refractivity contribution in [3.63, 3.8) is 0 Å². The first kappa shape index (κ1) is 8.38. The van der Waals surface area contributed by atoms with Gasteiger partial charge in [-0.3, -0.25) is 0 Å². The van der Waals surface area contributed by atoms with Crippen LogP contribution in [0.3, 0.4) is 0 Å². The third kappa shape index (κ3) is 1.25. The lowest BCUT2D eigenvalue weighted by atomic mass is 10.3. The minimum absolute atomic E-state index is 0.688. The van der Waals surface area contributed by atoms with Crippen molar-refractivity contribution in [2.45, 2.75) is 6.92 Å². The second kappa shape index (κ2) is 2.92. The molecule has 1 heterocycles. The molecule has 0 saturated heterocycles. The van der Waals surface area contributed by atoms with Gasteiger partial charge in [0.05, 0.1) is 5.52 Å². The summed E-state index contributed by atoms with van der Waals surface area (Å²) in [7, 11) is 1.61. The maximum Gasteiger partial charge on any atom is 0.143 e. The van der Waals surface area contributed by atoms with Crippen LogP contribution >= 0.6 is 11.6 Å². The maximum atomic E-state index is 5.83. The van der Waals surface area contributed by atoms with Crippen LogP contribution < -0.4 is 4.84 Å². The van der Waals surface area contributed by atoms with Crippen molar-refractivity contribution in [1.82, 2.24) is 9.71 Å². The summed E-state index contributed by atoms with van der Waals surface area (Å²) in [6.07, 6.45) is 0. The molecule has 0 spiro atoms. The molecule has 0 atom stereocenters. The van der Waals surface area contributed by atoms with Crippen molar-refractivity contribution >= 4 is 22.6 Å². The summed E-state index contributed by atoms with van der Waals surface area (Å²) in [6, 6.07) is 5.53. The van der Waals surface area contributed by atoms with Gasteiger partial charge in [-0.15, -0.1) is 0 Å². The maximum absolute atomic E-state index is 5.83. The van der Waals surface area contributed by atoms with Crippen LogP contribution in [-0.4, -0.2) is 16.8 Å². The van der Waals surface area contributed by atoms with Gasteiger partial charge in [-0.2, -0.15) is 4.73 Å². The molecule has 0 aliphatic carbocycles. The van der Waals surface area contributed by atoms with Gasteiger partial charge in [-0.25, -0.2) is 4.98 Å². The van der Waals surface area contributed by atoms with Crippen molar-refractivity contribution < 1.29 is 4.84 Å². The third-order valence-corrected chi connectivity index (χ3v) is 2.15. The molecule has 0 radical (unpaired) electrons. The molecule has 0 amide bonds. The average molecular weight is 197 g/mol. The lowest BCUT2D eigenvalue weighted by Crippen LogP contribution is -2.06. The first-order valence-electron chi connectivity index (χ1n) is 3.91. The van der Waals surface area contributed by atoms with Gasteiger partial charge >= 0.3 is 0 Å². The van der Waals surface area contributed by atoms with Crippen LogP contribution in [-0.2, 0) is 0 Å². The van der Waals surface area contributed by atoms with E-state index in [1.807, 2.05) is 25.1 Å². The van der Waals surface area contributed by atoms with Crippen molar-refractivity contribution in [3.8, 4) is 0 Å². The normalized spacial score (nSPS) is 10.7. The Hall–Kier alpha value is -1.22. The van der Waals surface area contributed by atoms with Crippen molar-refractivity contribution in [2.75, 3.05) is 7.11 Å². The van der Waals surface area contributed by atoms with E-state index < -0.39 is 0 Å². The fourth-order valence-corrected chi connectivity index (χ4v) is 1.55. The number of rotatable bonds is 1. The van der Waals surface area contributed by atoms with Gasteiger partial charge in [-0.1, -0.05) is 11.6 Å². The Morgan fingerprint density at radius 2 is 2.23 bits per heavy atom. The second-order valence-electron chi connectivity index (χ2n) is 2.77. The van der Waals surface area contributed by atoms with Gasteiger partial charge in [0.25, 0.3) is 0 Å².